The molecule has 0 aliphatic heterocycles. The molecule has 1 aromatic carbocycles. The number of amides is 1. The fourth-order valence-electron chi connectivity index (χ4n) is 2.73. The van der Waals surface area contributed by atoms with Crippen molar-refractivity contribution in [1.29, 1.82) is 0 Å². The second-order valence-electron chi connectivity index (χ2n) is 6.15. The van der Waals surface area contributed by atoms with E-state index in [2.05, 4.69) is 29.2 Å². The Morgan fingerprint density at radius 2 is 1.88 bits per heavy atom. The summed E-state index contributed by atoms with van der Waals surface area (Å²) in [6, 6.07) is 11.4. The van der Waals surface area contributed by atoms with Gasteiger partial charge in [-0.2, -0.15) is 5.10 Å². The Kier molecular flexibility index (Phi) is 4.52. The third kappa shape index (κ3) is 3.38. The van der Waals surface area contributed by atoms with E-state index in [1.54, 1.807) is 19.2 Å². The van der Waals surface area contributed by atoms with Crippen LogP contribution in [0.3, 0.4) is 0 Å². The van der Waals surface area contributed by atoms with Crippen LogP contribution in [0.2, 0.25) is 0 Å². The third-order valence-electron chi connectivity index (χ3n) is 3.99. The van der Waals surface area contributed by atoms with Crippen LogP contribution in [0, 0.1) is 6.92 Å². The molecule has 2 heterocycles. The number of aromatic nitrogens is 3. The van der Waals surface area contributed by atoms with E-state index in [-0.39, 0.29) is 11.6 Å². The number of aryl methyl sites for hydroxylation is 1. The predicted molar refractivity (Wildman–Crippen MR) is 97.8 cm³/mol. The monoisotopic (exact) mass is 336 g/mol. The lowest BCUT2D eigenvalue weighted by Crippen LogP contribution is -2.24. The van der Waals surface area contributed by atoms with Gasteiger partial charge in [0.15, 0.2) is 0 Å². The van der Waals surface area contributed by atoms with Gasteiger partial charge in [0.05, 0.1) is 5.69 Å². The van der Waals surface area contributed by atoms with Gasteiger partial charge in [-0.1, -0.05) is 12.1 Å². The smallest absolute Gasteiger partial charge is 0.261 e. The highest BCUT2D eigenvalue weighted by Gasteiger charge is 2.14. The van der Waals surface area contributed by atoms with Crippen LogP contribution < -0.4 is 10.9 Å². The summed E-state index contributed by atoms with van der Waals surface area (Å²) in [5.41, 5.74) is 3.03. The van der Waals surface area contributed by atoms with Crippen molar-refractivity contribution in [2.24, 2.45) is 0 Å². The van der Waals surface area contributed by atoms with E-state index in [0.717, 1.165) is 11.3 Å². The second kappa shape index (κ2) is 6.76. The summed E-state index contributed by atoms with van der Waals surface area (Å²) < 4.78 is 1.94. The molecule has 0 aliphatic rings. The number of aromatic amines is 1. The molecule has 128 valence electrons. The molecule has 0 radical (unpaired) electrons. The van der Waals surface area contributed by atoms with E-state index < -0.39 is 11.5 Å². The number of benzene rings is 1. The Balaban J connectivity index is 1.83. The highest BCUT2D eigenvalue weighted by Crippen LogP contribution is 2.23. The van der Waals surface area contributed by atoms with Crippen LogP contribution in [-0.2, 0) is 0 Å². The second-order valence-corrected chi connectivity index (χ2v) is 6.15. The number of nitrogens with zero attached hydrogens (tertiary/aromatic N) is 2. The van der Waals surface area contributed by atoms with Crippen molar-refractivity contribution in [2.45, 2.75) is 26.8 Å². The first-order valence-electron chi connectivity index (χ1n) is 8.11. The minimum Gasteiger partial charge on any atom is -0.328 e. The lowest BCUT2D eigenvalue weighted by atomic mass is 10.1. The molecular weight excluding hydrogens is 316 g/mol. The van der Waals surface area contributed by atoms with Gasteiger partial charge in [0, 0.05) is 24.1 Å². The lowest BCUT2D eigenvalue weighted by Gasteiger charge is -2.12. The van der Waals surface area contributed by atoms with E-state index in [1.165, 1.54) is 6.20 Å². The molecule has 0 saturated heterocycles. The van der Waals surface area contributed by atoms with Crippen LogP contribution in [0.4, 0.5) is 5.69 Å². The van der Waals surface area contributed by atoms with Crippen molar-refractivity contribution in [3.63, 3.8) is 0 Å². The molecule has 0 saturated carbocycles. The Morgan fingerprint density at radius 1 is 1.16 bits per heavy atom. The van der Waals surface area contributed by atoms with Crippen molar-refractivity contribution < 1.29 is 4.79 Å². The molecule has 0 bridgehead atoms. The molecule has 6 nitrogen and oxygen atoms in total. The molecule has 3 rings (SSSR count). The minimum atomic E-state index is -0.417. The number of nitrogens with one attached hydrogen (secondary N) is 2. The van der Waals surface area contributed by atoms with Gasteiger partial charge in [-0.05, 0) is 56.2 Å². The normalized spacial score (nSPS) is 10.9. The summed E-state index contributed by atoms with van der Waals surface area (Å²) in [6.45, 7) is 5.88. The molecule has 0 unspecified atom stereocenters. The maximum absolute atomic E-state index is 12.4. The fourth-order valence-corrected chi connectivity index (χ4v) is 2.73. The minimum absolute atomic E-state index is 0.129. The molecule has 0 spiro atoms. The molecule has 2 aromatic heterocycles. The van der Waals surface area contributed by atoms with E-state index >= 15 is 0 Å². The molecule has 1 amide bonds. The summed E-state index contributed by atoms with van der Waals surface area (Å²) in [6.07, 6.45) is 3.30. The summed E-state index contributed by atoms with van der Waals surface area (Å²) >= 11 is 0. The average molecular weight is 336 g/mol. The number of carbonyl (C=O) groups is 1. The average Bonchev–Trinajstić information content (AvgIpc) is 3.05. The first kappa shape index (κ1) is 16.7. The number of rotatable bonds is 4. The Morgan fingerprint density at radius 3 is 2.52 bits per heavy atom. The Hall–Kier alpha value is -3.15. The summed E-state index contributed by atoms with van der Waals surface area (Å²) in [5.74, 6) is -0.417. The molecule has 3 aromatic rings. The summed E-state index contributed by atoms with van der Waals surface area (Å²) in [5, 5.41) is 7.10. The quantitative estimate of drug-likeness (QED) is 0.766. The van der Waals surface area contributed by atoms with Gasteiger partial charge in [0.25, 0.3) is 11.5 Å². The SMILES string of the molecule is Cc1cc[nH]c(=O)c1C(=O)Nc1ccc(-c2ccnn2C(C)C)cc1. The predicted octanol–water partition coefficient (Wildman–Crippen LogP) is 3.38. The zero-order chi connectivity index (χ0) is 18.0. The molecule has 0 atom stereocenters. The van der Waals surface area contributed by atoms with Crippen molar-refractivity contribution in [3.05, 3.63) is 70.3 Å². The maximum atomic E-state index is 12.4. The van der Waals surface area contributed by atoms with E-state index in [4.69, 9.17) is 0 Å². The number of anilines is 1. The van der Waals surface area contributed by atoms with Gasteiger partial charge in [0.2, 0.25) is 0 Å². The first-order valence-corrected chi connectivity index (χ1v) is 8.11. The molecule has 6 heteroatoms. The number of pyridine rings is 1. The highest BCUT2D eigenvalue weighted by atomic mass is 16.2. The highest BCUT2D eigenvalue weighted by molar-refractivity contribution is 6.05. The third-order valence-corrected chi connectivity index (χ3v) is 3.99. The maximum Gasteiger partial charge on any atom is 0.261 e. The number of hydrogen-bond donors (Lipinski definition) is 2. The molecule has 2 N–H and O–H groups in total. The van der Waals surface area contributed by atoms with Crippen LogP contribution in [0.25, 0.3) is 11.3 Å². The van der Waals surface area contributed by atoms with Gasteiger partial charge in [-0.25, -0.2) is 0 Å². The van der Waals surface area contributed by atoms with E-state index in [0.29, 0.717) is 11.3 Å². The van der Waals surface area contributed by atoms with Crippen molar-refractivity contribution >= 4 is 11.6 Å². The summed E-state index contributed by atoms with van der Waals surface area (Å²) in [7, 11) is 0. The van der Waals surface area contributed by atoms with Gasteiger partial charge in [-0.3, -0.25) is 14.3 Å². The van der Waals surface area contributed by atoms with Crippen LogP contribution in [0.15, 0.2) is 53.6 Å². The number of H-pyrrole nitrogens is 1. The molecule has 0 fully saturated rings. The summed E-state index contributed by atoms with van der Waals surface area (Å²) in [4.78, 5) is 26.7. The first-order chi connectivity index (χ1) is 12.0. The molecular formula is C19H20N4O2. The van der Waals surface area contributed by atoms with Crippen LogP contribution in [0.5, 0.6) is 0 Å². The number of carbonyl (C=O) groups excluding carboxylic acids is 1. The number of hydrogen-bond acceptors (Lipinski definition) is 3. The largest absolute Gasteiger partial charge is 0.328 e. The van der Waals surface area contributed by atoms with Gasteiger partial charge >= 0.3 is 0 Å². The van der Waals surface area contributed by atoms with Gasteiger partial charge in [-0.15, -0.1) is 0 Å². The van der Waals surface area contributed by atoms with Crippen molar-refractivity contribution in [1.82, 2.24) is 14.8 Å². The van der Waals surface area contributed by atoms with Crippen molar-refractivity contribution in [2.75, 3.05) is 5.32 Å². The molecule has 0 aliphatic carbocycles. The van der Waals surface area contributed by atoms with E-state index in [9.17, 15) is 9.59 Å². The zero-order valence-electron chi connectivity index (χ0n) is 14.4. The Bertz CT molecular complexity index is 952. The Labute approximate surface area is 145 Å². The van der Waals surface area contributed by atoms with Crippen LogP contribution in [0.1, 0.15) is 35.8 Å². The van der Waals surface area contributed by atoms with Crippen molar-refractivity contribution in [3.8, 4) is 11.3 Å². The topological polar surface area (TPSA) is 79.8 Å². The van der Waals surface area contributed by atoms with Crippen LogP contribution >= 0.6 is 0 Å². The lowest BCUT2D eigenvalue weighted by molar-refractivity contribution is 0.102. The fraction of sp³-hybridized carbons (Fsp3) is 0.211. The van der Waals surface area contributed by atoms with Crippen LogP contribution in [-0.4, -0.2) is 20.7 Å². The van der Waals surface area contributed by atoms with E-state index in [1.807, 2.05) is 35.0 Å². The standard InChI is InChI=1S/C19H20N4O2/c1-12(2)23-16(9-11-21-23)14-4-6-15(7-5-14)22-19(25)17-13(3)8-10-20-18(17)24/h4-12H,1-3H3,(H,20,24)(H,22,25). The van der Waals surface area contributed by atoms with Gasteiger partial charge in [0.1, 0.15) is 5.56 Å². The van der Waals surface area contributed by atoms with Gasteiger partial charge < -0.3 is 10.3 Å². The molecule has 25 heavy (non-hydrogen) atoms. The zero-order valence-corrected chi connectivity index (χ0v) is 14.4.